The zero-order valence-corrected chi connectivity index (χ0v) is 18.0. The van der Waals surface area contributed by atoms with Gasteiger partial charge in [0.2, 0.25) is 5.91 Å². The van der Waals surface area contributed by atoms with Crippen LogP contribution in [0, 0.1) is 31.5 Å². The second-order valence-electron chi connectivity index (χ2n) is 8.18. The number of hydrogen-bond donors (Lipinski definition) is 1. The summed E-state index contributed by atoms with van der Waals surface area (Å²) in [6.07, 6.45) is 3.70. The fourth-order valence-electron chi connectivity index (χ4n) is 4.30. The van der Waals surface area contributed by atoms with Crippen molar-refractivity contribution in [2.24, 2.45) is 11.8 Å². The van der Waals surface area contributed by atoms with Crippen molar-refractivity contribution in [1.82, 2.24) is 9.88 Å². The third-order valence-electron chi connectivity index (χ3n) is 6.11. The summed E-state index contributed by atoms with van der Waals surface area (Å²) in [5.74, 6) is 0.0645. The molecule has 30 heavy (non-hydrogen) atoms. The first-order chi connectivity index (χ1) is 14.4. The summed E-state index contributed by atoms with van der Waals surface area (Å²) in [5, 5.41) is 2.98. The Morgan fingerprint density at radius 1 is 1.13 bits per heavy atom. The van der Waals surface area contributed by atoms with Crippen LogP contribution < -0.4 is 5.32 Å². The predicted molar refractivity (Wildman–Crippen MR) is 114 cm³/mol. The van der Waals surface area contributed by atoms with Gasteiger partial charge in [-0.3, -0.25) is 4.79 Å². The summed E-state index contributed by atoms with van der Waals surface area (Å²) in [5.41, 5.74) is 3.55. The molecule has 0 bridgehead atoms. The molecule has 0 unspecified atom stereocenters. The van der Waals surface area contributed by atoms with Gasteiger partial charge in [-0.05, 0) is 76.1 Å². The number of nitrogens with one attached hydrogen (secondary N) is 1. The van der Waals surface area contributed by atoms with Crippen molar-refractivity contribution in [3.05, 3.63) is 58.7 Å². The second kappa shape index (κ2) is 9.92. The van der Waals surface area contributed by atoms with E-state index in [4.69, 9.17) is 4.74 Å². The smallest absolute Gasteiger partial charge is 0.339 e. The van der Waals surface area contributed by atoms with Gasteiger partial charge in [0.1, 0.15) is 5.82 Å². The fourth-order valence-corrected chi connectivity index (χ4v) is 4.30. The van der Waals surface area contributed by atoms with Crippen molar-refractivity contribution in [2.75, 3.05) is 6.61 Å². The number of esters is 1. The molecule has 3 rings (SSSR count). The molecular formula is C24H31FN2O3. The topological polar surface area (TPSA) is 60.3 Å². The van der Waals surface area contributed by atoms with Crippen LogP contribution in [0.3, 0.4) is 0 Å². The Labute approximate surface area is 177 Å². The Bertz CT molecular complexity index is 881. The summed E-state index contributed by atoms with van der Waals surface area (Å²) in [6, 6.07) is 8.11. The van der Waals surface area contributed by atoms with E-state index in [-0.39, 0.29) is 23.6 Å². The van der Waals surface area contributed by atoms with Crippen LogP contribution in [0.4, 0.5) is 4.39 Å². The number of aryl methyl sites for hydroxylation is 1. The fraction of sp³-hybridized carbons (Fsp3) is 0.500. The highest BCUT2D eigenvalue weighted by Crippen LogP contribution is 2.31. The first-order valence-corrected chi connectivity index (χ1v) is 10.7. The maximum atomic E-state index is 13.0. The number of rotatable bonds is 7. The van der Waals surface area contributed by atoms with E-state index in [2.05, 4.69) is 9.88 Å². The Hall–Kier alpha value is -2.63. The van der Waals surface area contributed by atoms with Crippen LogP contribution in [0.15, 0.2) is 30.3 Å². The Kier molecular flexibility index (Phi) is 7.29. The molecule has 1 fully saturated rings. The van der Waals surface area contributed by atoms with Crippen molar-refractivity contribution < 1.29 is 18.7 Å². The minimum atomic E-state index is -0.272. The van der Waals surface area contributed by atoms with Crippen LogP contribution in [0.2, 0.25) is 0 Å². The number of amides is 1. The lowest BCUT2D eigenvalue weighted by Gasteiger charge is -2.29. The first kappa shape index (κ1) is 22.1. The van der Waals surface area contributed by atoms with E-state index >= 15 is 0 Å². The molecule has 2 aromatic rings. The molecule has 1 amide bonds. The molecule has 1 N–H and O–H groups in total. The van der Waals surface area contributed by atoms with Gasteiger partial charge in [-0.2, -0.15) is 0 Å². The Balaban J connectivity index is 1.50. The molecule has 6 heteroatoms. The third-order valence-corrected chi connectivity index (χ3v) is 6.11. The number of ether oxygens (including phenoxy) is 1. The van der Waals surface area contributed by atoms with E-state index in [1.54, 1.807) is 12.1 Å². The number of benzene rings is 1. The molecule has 162 valence electrons. The highest BCUT2D eigenvalue weighted by atomic mass is 19.1. The number of aromatic nitrogens is 1. The molecule has 1 aromatic carbocycles. The van der Waals surface area contributed by atoms with Crippen molar-refractivity contribution in [2.45, 2.75) is 59.5 Å². The molecule has 1 saturated carbocycles. The molecule has 0 radical (unpaired) electrons. The Morgan fingerprint density at radius 2 is 1.80 bits per heavy atom. The lowest BCUT2D eigenvalue weighted by atomic mass is 9.81. The molecule has 0 spiro atoms. The molecule has 1 aliphatic rings. The van der Waals surface area contributed by atoms with E-state index in [0.717, 1.165) is 49.2 Å². The minimum Gasteiger partial charge on any atom is -0.462 e. The molecule has 0 atom stereocenters. The summed E-state index contributed by atoms with van der Waals surface area (Å²) in [4.78, 5) is 24.6. The van der Waals surface area contributed by atoms with Gasteiger partial charge in [-0.15, -0.1) is 0 Å². The van der Waals surface area contributed by atoms with E-state index in [9.17, 15) is 14.0 Å². The molecule has 5 nitrogen and oxygen atoms in total. The van der Waals surface area contributed by atoms with Crippen LogP contribution in [0.25, 0.3) is 0 Å². The summed E-state index contributed by atoms with van der Waals surface area (Å²) in [6.45, 7) is 7.46. The van der Waals surface area contributed by atoms with Gasteiger partial charge in [0.25, 0.3) is 0 Å². The van der Waals surface area contributed by atoms with E-state index in [1.165, 1.54) is 12.1 Å². The number of hydrogen-bond acceptors (Lipinski definition) is 3. The maximum Gasteiger partial charge on any atom is 0.339 e. The first-order valence-electron chi connectivity index (χ1n) is 10.7. The highest BCUT2D eigenvalue weighted by molar-refractivity contribution is 5.91. The largest absolute Gasteiger partial charge is 0.462 e. The van der Waals surface area contributed by atoms with Crippen molar-refractivity contribution in [3.8, 4) is 0 Å². The summed E-state index contributed by atoms with van der Waals surface area (Å²) < 4.78 is 20.3. The zero-order chi connectivity index (χ0) is 21.7. The summed E-state index contributed by atoms with van der Waals surface area (Å²) >= 11 is 0. The van der Waals surface area contributed by atoms with Gasteiger partial charge in [0, 0.05) is 30.4 Å². The number of carbonyl (C=O) groups excluding carboxylic acids is 2. The van der Waals surface area contributed by atoms with Gasteiger partial charge in [-0.25, -0.2) is 9.18 Å². The molecule has 0 aliphatic heterocycles. The molecule has 1 heterocycles. The second-order valence-corrected chi connectivity index (χ2v) is 8.18. The maximum absolute atomic E-state index is 13.0. The zero-order valence-electron chi connectivity index (χ0n) is 18.0. The molecule has 1 aromatic heterocycles. The number of halogens is 1. The number of nitrogens with zero attached hydrogens (tertiary/aromatic N) is 1. The van der Waals surface area contributed by atoms with E-state index in [1.807, 2.05) is 26.8 Å². The van der Waals surface area contributed by atoms with E-state index < -0.39 is 0 Å². The Morgan fingerprint density at radius 3 is 2.43 bits per heavy atom. The quantitative estimate of drug-likeness (QED) is 0.677. The minimum absolute atomic E-state index is 0.0312. The molecule has 0 saturated heterocycles. The predicted octanol–water partition coefficient (Wildman–Crippen LogP) is 4.54. The standard InChI is InChI=1S/C24H31FN2O3/c1-4-30-24(29)22-13-16(2)27(17(22)3)15-19-5-9-20(10-6-19)23(28)26-14-18-7-11-21(25)12-8-18/h7-8,11-13,19-20H,4-6,9-10,14-15H2,1-3H3,(H,26,28). The van der Waals surface area contributed by atoms with Gasteiger partial charge in [0.05, 0.1) is 12.2 Å². The van der Waals surface area contributed by atoms with Crippen LogP contribution in [-0.4, -0.2) is 23.1 Å². The van der Waals surface area contributed by atoms with Gasteiger partial charge >= 0.3 is 5.97 Å². The van der Waals surface area contributed by atoms with Crippen molar-refractivity contribution in [3.63, 3.8) is 0 Å². The van der Waals surface area contributed by atoms with E-state index in [0.29, 0.717) is 24.6 Å². The third kappa shape index (κ3) is 5.29. The van der Waals surface area contributed by atoms with Gasteiger partial charge in [0.15, 0.2) is 0 Å². The van der Waals surface area contributed by atoms with Crippen LogP contribution in [0.1, 0.15) is 59.9 Å². The van der Waals surface area contributed by atoms with Crippen molar-refractivity contribution in [1.29, 1.82) is 0 Å². The normalized spacial score (nSPS) is 18.8. The lowest BCUT2D eigenvalue weighted by Crippen LogP contribution is -2.33. The van der Waals surface area contributed by atoms with Gasteiger partial charge < -0.3 is 14.6 Å². The SMILES string of the molecule is CCOC(=O)c1cc(C)n(CC2CCC(C(=O)NCc3ccc(F)cc3)CC2)c1C. The number of carbonyl (C=O) groups is 2. The van der Waals surface area contributed by atoms with Crippen LogP contribution in [0.5, 0.6) is 0 Å². The van der Waals surface area contributed by atoms with Crippen LogP contribution >= 0.6 is 0 Å². The van der Waals surface area contributed by atoms with Gasteiger partial charge in [-0.1, -0.05) is 12.1 Å². The monoisotopic (exact) mass is 414 g/mol. The summed E-state index contributed by atoms with van der Waals surface area (Å²) in [7, 11) is 0. The lowest BCUT2D eigenvalue weighted by molar-refractivity contribution is -0.126. The highest BCUT2D eigenvalue weighted by Gasteiger charge is 2.27. The molecular weight excluding hydrogens is 383 g/mol. The average Bonchev–Trinajstić information content (AvgIpc) is 3.02. The average molecular weight is 415 g/mol. The van der Waals surface area contributed by atoms with Crippen molar-refractivity contribution >= 4 is 11.9 Å². The van der Waals surface area contributed by atoms with Crippen LogP contribution in [-0.2, 0) is 22.6 Å². The molecule has 1 aliphatic carbocycles.